The van der Waals surface area contributed by atoms with Crippen molar-refractivity contribution < 1.29 is 14.1 Å². The van der Waals surface area contributed by atoms with Crippen molar-refractivity contribution in [3.63, 3.8) is 0 Å². The first-order chi connectivity index (χ1) is 15.6. The molecule has 1 fully saturated rings. The van der Waals surface area contributed by atoms with Crippen molar-refractivity contribution in [2.24, 2.45) is 0 Å². The topological polar surface area (TPSA) is 67.6 Å². The number of benzene rings is 2. The molecular formula is C25H29N3O3S. The van der Waals surface area contributed by atoms with Crippen molar-refractivity contribution in [3.05, 3.63) is 76.7 Å². The van der Waals surface area contributed by atoms with Gasteiger partial charge in [-0.25, -0.2) is 0 Å². The number of rotatable bonds is 8. The summed E-state index contributed by atoms with van der Waals surface area (Å²) in [6.45, 7) is 7.60. The first-order valence-electron chi connectivity index (χ1n) is 10.9. The number of hydrogen-bond acceptors (Lipinski definition) is 6. The number of thioether (sulfide) groups is 1. The van der Waals surface area contributed by atoms with Crippen molar-refractivity contribution in [2.45, 2.75) is 26.9 Å². The highest BCUT2D eigenvalue weighted by molar-refractivity contribution is 7.99. The summed E-state index contributed by atoms with van der Waals surface area (Å²) in [7, 11) is 0. The number of amides is 1. The first kappa shape index (κ1) is 22.4. The van der Waals surface area contributed by atoms with E-state index in [1.165, 1.54) is 30.2 Å². The zero-order valence-corrected chi connectivity index (χ0v) is 19.4. The van der Waals surface area contributed by atoms with Gasteiger partial charge in [-0.05, 0) is 62.2 Å². The van der Waals surface area contributed by atoms with Crippen LogP contribution < -0.4 is 10.1 Å². The van der Waals surface area contributed by atoms with Crippen LogP contribution in [-0.2, 0) is 13.0 Å². The van der Waals surface area contributed by atoms with Crippen LogP contribution in [0.4, 0.5) is 5.69 Å². The molecule has 1 aliphatic rings. The Labute approximate surface area is 193 Å². The lowest BCUT2D eigenvalue weighted by atomic mass is 10.1. The predicted molar refractivity (Wildman–Crippen MR) is 129 cm³/mol. The van der Waals surface area contributed by atoms with E-state index < -0.39 is 0 Å². The molecule has 168 valence electrons. The van der Waals surface area contributed by atoms with Crippen molar-refractivity contribution in [1.29, 1.82) is 0 Å². The SMILES string of the molecule is Cc1noc(C)c1COc1ccc(C(=O)Nc2ccc(CCN3CCSCC3)cc2)cc1. The van der Waals surface area contributed by atoms with Gasteiger partial charge in [-0.3, -0.25) is 4.79 Å². The quantitative estimate of drug-likeness (QED) is 0.535. The van der Waals surface area contributed by atoms with E-state index in [-0.39, 0.29) is 5.91 Å². The van der Waals surface area contributed by atoms with E-state index >= 15 is 0 Å². The summed E-state index contributed by atoms with van der Waals surface area (Å²) in [6.07, 6.45) is 1.04. The predicted octanol–water partition coefficient (Wildman–Crippen LogP) is 4.71. The summed E-state index contributed by atoms with van der Waals surface area (Å²) in [6, 6.07) is 15.3. The molecule has 0 unspecified atom stereocenters. The third-order valence-electron chi connectivity index (χ3n) is 5.71. The molecule has 7 heteroatoms. The Morgan fingerprint density at radius 1 is 1.09 bits per heavy atom. The number of aromatic nitrogens is 1. The van der Waals surface area contributed by atoms with Gasteiger partial charge in [0, 0.05) is 42.4 Å². The number of carbonyl (C=O) groups excluding carboxylic acids is 1. The van der Waals surface area contributed by atoms with Gasteiger partial charge in [0.1, 0.15) is 18.1 Å². The fourth-order valence-corrected chi connectivity index (χ4v) is 4.61. The van der Waals surface area contributed by atoms with Crippen LogP contribution in [-0.4, -0.2) is 47.1 Å². The Hall–Kier alpha value is -2.77. The van der Waals surface area contributed by atoms with Crippen LogP contribution in [0.15, 0.2) is 53.1 Å². The maximum atomic E-state index is 12.6. The van der Waals surface area contributed by atoms with Crippen LogP contribution in [0.25, 0.3) is 0 Å². The number of nitrogens with zero attached hydrogens (tertiary/aromatic N) is 2. The average molecular weight is 452 g/mol. The van der Waals surface area contributed by atoms with E-state index in [0.717, 1.165) is 35.7 Å². The molecule has 3 aromatic rings. The maximum Gasteiger partial charge on any atom is 0.255 e. The zero-order chi connectivity index (χ0) is 22.3. The maximum absolute atomic E-state index is 12.6. The third kappa shape index (κ3) is 5.93. The van der Waals surface area contributed by atoms with Crippen LogP contribution >= 0.6 is 11.8 Å². The van der Waals surface area contributed by atoms with Crippen molar-refractivity contribution in [3.8, 4) is 5.75 Å². The van der Waals surface area contributed by atoms with Crippen molar-refractivity contribution in [2.75, 3.05) is 36.5 Å². The van der Waals surface area contributed by atoms with E-state index in [0.29, 0.717) is 17.9 Å². The smallest absolute Gasteiger partial charge is 0.255 e. The van der Waals surface area contributed by atoms with E-state index in [9.17, 15) is 4.79 Å². The molecule has 32 heavy (non-hydrogen) atoms. The number of anilines is 1. The second kappa shape index (κ2) is 10.7. The molecule has 1 saturated heterocycles. The Morgan fingerprint density at radius 3 is 2.47 bits per heavy atom. The molecule has 0 atom stereocenters. The highest BCUT2D eigenvalue weighted by Crippen LogP contribution is 2.19. The third-order valence-corrected chi connectivity index (χ3v) is 6.66. The lowest BCUT2D eigenvalue weighted by molar-refractivity contribution is 0.102. The molecule has 1 N–H and O–H groups in total. The minimum absolute atomic E-state index is 0.138. The molecule has 6 nitrogen and oxygen atoms in total. The standard InChI is InChI=1S/C25H29N3O3S/c1-18-24(19(2)31-27-18)17-30-23-9-5-21(6-10-23)25(29)26-22-7-3-20(4-8-22)11-12-28-13-15-32-16-14-28/h3-10H,11-17H2,1-2H3,(H,26,29). The van der Waals surface area contributed by atoms with Gasteiger partial charge in [-0.2, -0.15) is 11.8 Å². The molecule has 0 bridgehead atoms. The second-order valence-corrected chi connectivity index (χ2v) is 9.20. The first-order valence-corrected chi connectivity index (χ1v) is 12.1. The molecule has 4 rings (SSSR count). The van der Waals surface area contributed by atoms with Crippen molar-refractivity contribution >= 4 is 23.4 Å². The molecule has 2 aromatic carbocycles. The van der Waals surface area contributed by atoms with Crippen LogP contribution in [0.5, 0.6) is 5.75 Å². The summed E-state index contributed by atoms with van der Waals surface area (Å²) < 4.78 is 11.0. The number of aryl methyl sites for hydroxylation is 2. The normalized spacial score (nSPS) is 14.3. The number of ether oxygens (including phenoxy) is 1. The van der Waals surface area contributed by atoms with Crippen LogP contribution in [0.3, 0.4) is 0 Å². The van der Waals surface area contributed by atoms with E-state index in [1.54, 1.807) is 24.3 Å². The summed E-state index contributed by atoms with van der Waals surface area (Å²) in [5.41, 5.74) is 4.45. The monoisotopic (exact) mass is 451 g/mol. The second-order valence-electron chi connectivity index (χ2n) is 7.97. The van der Waals surface area contributed by atoms with Crippen molar-refractivity contribution in [1.82, 2.24) is 10.1 Å². The Bertz CT molecular complexity index is 1010. The summed E-state index contributed by atoms with van der Waals surface area (Å²) in [5.74, 6) is 3.78. The molecular weight excluding hydrogens is 422 g/mol. The molecule has 1 aliphatic heterocycles. The number of carbonyl (C=O) groups is 1. The highest BCUT2D eigenvalue weighted by Gasteiger charge is 2.12. The number of hydrogen-bond donors (Lipinski definition) is 1. The Balaban J connectivity index is 1.26. The van der Waals surface area contributed by atoms with E-state index in [4.69, 9.17) is 9.26 Å². The fraction of sp³-hybridized carbons (Fsp3) is 0.360. The van der Waals surface area contributed by atoms with Crippen LogP contribution in [0.2, 0.25) is 0 Å². The van der Waals surface area contributed by atoms with Gasteiger partial charge in [0.2, 0.25) is 0 Å². The molecule has 1 aromatic heterocycles. The minimum atomic E-state index is -0.138. The summed E-state index contributed by atoms with van der Waals surface area (Å²) in [4.78, 5) is 15.1. The van der Waals surface area contributed by atoms with Gasteiger partial charge in [0.25, 0.3) is 5.91 Å². The molecule has 0 aliphatic carbocycles. The molecule has 2 heterocycles. The lowest BCUT2D eigenvalue weighted by Gasteiger charge is -2.26. The summed E-state index contributed by atoms with van der Waals surface area (Å²) in [5, 5.41) is 6.90. The molecule has 0 radical (unpaired) electrons. The van der Waals surface area contributed by atoms with Gasteiger partial charge in [0.05, 0.1) is 11.3 Å². The van der Waals surface area contributed by atoms with Crippen LogP contribution in [0, 0.1) is 13.8 Å². The van der Waals surface area contributed by atoms with Gasteiger partial charge in [-0.15, -0.1) is 0 Å². The van der Waals surface area contributed by atoms with Crippen LogP contribution in [0.1, 0.15) is 32.9 Å². The van der Waals surface area contributed by atoms with Gasteiger partial charge >= 0.3 is 0 Å². The van der Waals surface area contributed by atoms with Gasteiger partial charge in [-0.1, -0.05) is 17.3 Å². The molecule has 0 saturated carbocycles. The highest BCUT2D eigenvalue weighted by atomic mass is 32.2. The molecule has 0 spiro atoms. The summed E-state index contributed by atoms with van der Waals surface area (Å²) >= 11 is 2.03. The number of nitrogens with one attached hydrogen (secondary N) is 1. The Kier molecular flexibility index (Phi) is 7.50. The lowest BCUT2D eigenvalue weighted by Crippen LogP contribution is -2.34. The average Bonchev–Trinajstić information content (AvgIpc) is 3.15. The molecule has 1 amide bonds. The van der Waals surface area contributed by atoms with Gasteiger partial charge in [0.15, 0.2) is 0 Å². The largest absolute Gasteiger partial charge is 0.489 e. The minimum Gasteiger partial charge on any atom is -0.489 e. The zero-order valence-electron chi connectivity index (χ0n) is 18.6. The van der Waals surface area contributed by atoms with E-state index in [1.807, 2.05) is 37.7 Å². The fourth-order valence-electron chi connectivity index (χ4n) is 3.64. The van der Waals surface area contributed by atoms with Gasteiger partial charge < -0.3 is 19.5 Å². The Morgan fingerprint density at radius 2 is 1.81 bits per heavy atom. The van der Waals surface area contributed by atoms with E-state index in [2.05, 4.69) is 27.5 Å².